The maximum Gasteiger partial charge on any atom is 0.161 e. The van der Waals surface area contributed by atoms with Gasteiger partial charge in [0.1, 0.15) is 0 Å². The third kappa shape index (κ3) is 1.71. The van der Waals surface area contributed by atoms with Gasteiger partial charge in [-0.05, 0) is 35.3 Å². The quantitative estimate of drug-likeness (QED) is 0.907. The van der Waals surface area contributed by atoms with Crippen molar-refractivity contribution in [1.29, 1.82) is 0 Å². The van der Waals surface area contributed by atoms with Gasteiger partial charge in [-0.2, -0.15) is 0 Å². The highest BCUT2D eigenvalue weighted by Gasteiger charge is 2.49. The minimum absolute atomic E-state index is 0.207. The van der Waals surface area contributed by atoms with E-state index in [2.05, 4.69) is 29.2 Å². The molecular formula is C18H21NO3. The molecule has 1 aliphatic carbocycles. The van der Waals surface area contributed by atoms with Crippen LogP contribution >= 0.6 is 0 Å². The van der Waals surface area contributed by atoms with E-state index in [0.717, 1.165) is 31.0 Å². The van der Waals surface area contributed by atoms with Crippen LogP contribution in [-0.4, -0.2) is 43.4 Å². The Bertz CT molecular complexity index is 679. The summed E-state index contributed by atoms with van der Waals surface area (Å²) in [5.74, 6) is 1.54. The summed E-state index contributed by atoms with van der Waals surface area (Å²) in [7, 11) is 3.34. The first-order valence-electron chi connectivity index (χ1n) is 7.76. The van der Waals surface area contributed by atoms with E-state index in [9.17, 15) is 5.11 Å². The molecule has 0 fully saturated rings. The molecule has 1 aromatic carbocycles. The molecule has 1 N–H and O–H groups in total. The topological polar surface area (TPSA) is 41.9 Å². The first kappa shape index (κ1) is 13.9. The fraction of sp³-hybridized carbons (Fsp3) is 0.444. The maximum absolute atomic E-state index is 10.2. The Hall–Kier alpha value is -1.78. The molecule has 2 heterocycles. The average Bonchev–Trinajstić information content (AvgIpc) is 2.92. The van der Waals surface area contributed by atoms with Gasteiger partial charge in [0.05, 0.1) is 25.9 Å². The van der Waals surface area contributed by atoms with E-state index < -0.39 is 6.10 Å². The number of fused-ring (bicyclic) bond motifs is 1. The summed E-state index contributed by atoms with van der Waals surface area (Å²) >= 11 is 0. The maximum atomic E-state index is 10.2. The number of nitrogens with zero attached hydrogens (tertiary/aromatic N) is 1. The molecule has 0 amide bonds. The molecule has 2 unspecified atom stereocenters. The zero-order valence-electron chi connectivity index (χ0n) is 13.0. The Morgan fingerprint density at radius 3 is 2.77 bits per heavy atom. The molecule has 0 aromatic heterocycles. The van der Waals surface area contributed by atoms with Crippen molar-refractivity contribution in [2.75, 3.05) is 27.3 Å². The van der Waals surface area contributed by atoms with E-state index in [4.69, 9.17) is 9.47 Å². The Morgan fingerprint density at radius 1 is 1.23 bits per heavy atom. The molecule has 116 valence electrons. The number of hydrogen-bond donors (Lipinski definition) is 1. The molecule has 3 aliphatic rings. The highest BCUT2D eigenvalue weighted by molar-refractivity contribution is 5.57. The number of benzene rings is 1. The summed E-state index contributed by atoms with van der Waals surface area (Å²) in [5, 5.41) is 10.2. The Kier molecular flexibility index (Phi) is 3.06. The van der Waals surface area contributed by atoms with Gasteiger partial charge in [0.25, 0.3) is 0 Å². The Balaban J connectivity index is 1.93. The normalized spacial score (nSPS) is 29.4. The van der Waals surface area contributed by atoms with Crippen molar-refractivity contribution in [1.82, 2.24) is 4.90 Å². The smallest absolute Gasteiger partial charge is 0.161 e. The molecule has 0 bridgehead atoms. The third-order valence-corrected chi connectivity index (χ3v) is 5.26. The second-order valence-corrected chi connectivity index (χ2v) is 6.21. The van der Waals surface area contributed by atoms with Crippen molar-refractivity contribution in [3.63, 3.8) is 0 Å². The van der Waals surface area contributed by atoms with E-state index in [1.807, 2.05) is 6.08 Å². The summed E-state index contributed by atoms with van der Waals surface area (Å²) in [4.78, 5) is 2.48. The zero-order chi connectivity index (χ0) is 15.3. The lowest BCUT2D eigenvalue weighted by atomic mass is 9.71. The number of methoxy groups -OCH3 is 2. The fourth-order valence-corrected chi connectivity index (χ4v) is 4.24. The second kappa shape index (κ2) is 4.86. The van der Waals surface area contributed by atoms with Crippen LogP contribution in [0.1, 0.15) is 17.5 Å². The van der Waals surface area contributed by atoms with Crippen molar-refractivity contribution in [3.05, 3.63) is 47.1 Å². The average molecular weight is 299 g/mol. The molecule has 2 atom stereocenters. The van der Waals surface area contributed by atoms with E-state index in [-0.39, 0.29) is 5.54 Å². The Morgan fingerprint density at radius 2 is 2.00 bits per heavy atom. The van der Waals surface area contributed by atoms with Crippen LogP contribution in [0.25, 0.3) is 0 Å². The van der Waals surface area contributed by atoms with Crippen LogP contribution < -0.4 is 9.47 Å². The van der Waals surface area contributed by atoms with Crippen LogP contribution in [0.2, 0.25) is 0 Å². The first-order valence-corrected chi connectivity index (χ1v) is 7.76. The molecule has 0 saturated carbocycles. The van der Waals surface area contributed by atoms with E-state index in [1.165, 1.54) is 16.7 Å². The van der Waals surface area contributed by atoms with Crippen molar-refractivity contribution in [3.8, 4) is 11.5 Å². The number of hydrogen-bond acceptors (Lipinski definition) is 4. The van der Waals surface area contributed by atoms with E-state index in [1.54, 1.807) is 14.2 Å². The number of aliphatic hydroxyl groups is 1. The van der Waals surface area contributed by atoms with Crippen LogP contribution in [0.5, 0.6) is 11.5 Å². The van der Waals surface area contributed by atoms with E-state index in [0.29, 0.717) is 6.42 Å². The summed E-state index contributed by atoms with van der Waals surface area (Å²) < 4.78 is 11.0. The van der Waals surface area contributed by atoms with Gasteiger partial charge >= 0.3 is 0 Å². The minimum atomic E-state index is -0.406. The monoisotopic (exact) mass is 299 g/mol. The van der Waals surface area contributed by atoms with Crippen molar-refractivity contribution >= 4 is 0 Å². The second-order valence-electron chi connectivity index (χ2n) is 6.21. The predicted octanol–water partition coefficient (Wildman–Crippen LogP) is 2.02. The summed E-state index contributed by atoms with van der Waals surface area (Å²) in [6, 6.07) is 4.20. The zero-order valence-corrected chi connectivity index (χ0v) is 13.0. The molecule has 4 heteroatoms. The number of aliphatic hydroxyl groups excluding tert-OH is 1. The third-order valence-electron chi connectivity index (χ3n) is 5.26. The van der Waals surface area contributed by atoms with Gasteiger partial charge in [-0.1, -0.05) is 18.2 Å². The van der Waals surface area contributed by atoms with E-state index >= 15 is 0 Å². The van der Waals surface area contributed by atoms with Crippen molar-refractivity contribution in [2.24, 2.45) is 0 Å². The lowest BCUT2D eigenvalue weighted by Crippen LogP contribution is -2.51. The fourth-order valence-electron chi connectivity index (χ4n) is 4.24. The minimum Gasteiger partial charge on any atom is -0.493 e. The molecule has 22 heavy (non-hydrogen) atoms. The number of ether oxygens (including phenoxy) is 2. The molecular weight excluding hydrogens is 278 g/mol. The summed E-state index contributed by atoms with van der Waals surface area (Å²) in [6.45, 7) is 1.95. The lowest BCUT2D eigenvalue weighted by molar-refractivity contribution is 0.0769. The molecule has 0 radical (unpaired) electrons. The summed E-state index contributed by atoms with van der Waals surface area (Å²) in [6.07, 6.45) is 7.57. The molecule has 0 saturated heterocycles. The van der Waals surface area contributed by atoms with Gasteiger partial charge in [-0.3, -0.25) is 4.90 Å². The SMILES string of the molecule is COc1cc2c(cc1OC)C13CC(O)C=CC1=CCN3CC2. The van der Waals surface area contributed by atoms with Crippen LogP contribution in [0.15, 0.2) is 35.9 Å². The van der Waals surface area contributed by atoms with Crippen molar-refractivity contribution < 1.29 is 14.6 Å². The first-order chi connectivity index (χ1) is 10.7. The summed E-state index contributed by atoms with van der Waals surface area (Å²) in [5.41, 5.74) is 3.64. The van der Waals surface area contributed by atoms with Gasteiger partial charge in [0.15, 0.2) is 11.5 Å². The van der Waals surface area contributed by atoms with Crippen LogP contribution in [0.4, 0.5) is 0 Å². The largest absolute Gasteiger partial charge is 0.493 e. The van der Waals surface area contributed by atoms with Gasteiger partial charge < -0.3 is 14.6 Å². The molecule has 1 spiro atoms. The molecule has 1 aromatic rings. The van der Waals surface area contributed by atoms with Crippen LogP contribution in [0, 0.1) is 0 Å². The predicted molar refractivity (Wildman–Crippen MR) is 84.3 cm³/mol. The Labute approximate surface area is 130 Å². The lowest BCUT2D eigenvalue weighted by Gasteiger charge is -2.48. The molecule has 4 rings (SSSR count). The molecule has 4 nitrogen and oxygen atoms in total. The van der Waals surface area contributed by atoms with Gasteiger partial charge in [0.2, 0.25) is 0 Å². The van der Waals surface area contributed by atoms with Gasteiger partial charge in [0, 0.05) is 19.5 Å². The number of rotatable bonds is 2. The molecule has 2 aliphatic heterocycles. The van der Waals surface area contributed by atoms with Crippen LogP contribution in [-0.2, 0) is 12.0 Å². The highest BCUT2D eigenvalue weighted by Crippen LogP contribution is 2.52. The standard InChI is InChI=1S/C18H21NO3/c1-21-16-9-12-5-7-19-8-6-13-3-4-14(20)11-18(13,19)15(12)10-17(16)22-2/h3-4,6,9-10,14,20H,5,7-8,11H2,1-2H3. The van der Waals surface area contributed by atoms with Gasteiger partial charge in [-0.15, -0.1) is 0 Å². The van der Waals surface area contributed by atoms with Crippen molar-refractivity contribution in [2.45, 2.75) is 24.5 Å². The van der Waals surface area contributed by atoms with Gasteiger partial charge in [-0.25, -0.2) is 0 Å². The highest BCUT2D eigenvalue weighted by atomic mass is 16.5. The van der Waals surface area contributed by atoms with Crippen LogP contribution in [0.3, 0.4) is 0 Å².